The van der Waals surface area contributed by atoms with Crippen molar-refractivity contribution in [3.63, 3.8) is 0 Å². The summed E-state index contributed by atoms with van der Waals surface area (Å²) in [5.41, 5.74) is -0.592. The van der Waals surface area contributed by atoms with Crippen LogP contribution < -0.4 is 5.32 Å². The quantitative estimate of drug-likeness (QED) is 0.804. The smallest absolute Gasteiger partial charge is 0.265 e. The van der Waals surface area contributed by atoms with Crippen molar-refractivity contribution in [3.05, 3.63) is 0 Å². The Labute approximate surface area is 117 Å². The number of hydrogen-bond donors (Lipinski definition) is 2. The monoisotopic (exact) mass is 292 g/mol. The first-order valence-electron chi connectivity index (χ1n) is 6.69. The molecule has 1 saturated heterocycles. The lowest BCUT2D eigenvalue weighted by Gasteiger charge is -2.30. The van der Waals surface area contributed by atoms with Gasteiger partial charge in [-0.05, 0) is 12.8 Å². The average Bonchev–Trinajstić information content (AvgIpc) is 2.81. The van der Waals surface area contributed by atoms with E-state index < -0.39 is 36.4 Å². The summed E-state index contributed by atoms with van der Waals surface area (Å²) >= 11 is 0. The molecule has 1 heterocycles. The van der Waals surface area contributed by atoms with E-state index in [1.165, 1.54) is 4.90 Å². The summed E-state index contributed by atoms with van der Waals surface area (Å²) in [6.07, 6.45) is -3.56. The molecule has 2 amide bonds. The van der Waals surface area contributed by atoms with Gasteiger partial charge < -0.3 is 15.3 Å². The Kier molecular flexibility index (Phi) is 5.44. The van der Waals surface area contributed by atoms with Gasteiger partial charge in [-0.1, -0.05) is 20.8 Å². The van der Waals surface area contributed by atoms with Crippen LogP contribution in [0.2, 0.25) is 0 Å². The predicted octanol–water partition coefficient (Wildman–Crippen LogP) is 0.766. The van der Waals surface area contributed by atoms with Crippen molar-refractivity contribution >= 4 is 11.8 Å². The summed E-state index contributed by atoms with van der Waals surface area (Å²) in [6.45, 7) is 5.28. The molecule has 1 aliphatic rings. The zero-order chi connectivity index (χ0) is 15.5. The number of hydrogen-bond acceptors (Lipinski definition) is 3. The van der Waals surface area contributed by atoms with Crippen LogP contribution in [-0.2, 0) is 9.59 Å². The lowest BCUT2D eigenvalue weighted by Crippen LogP contribution is -2.50. The maximum atomic E-state index is 12.2. The van der Waals surface area contributed by atoms with Gasteiger partial charge in [0.1, 0.15) is 12.1 Å². The second-order valence-corrected chi connectivity index (χ2v) is 6.05. The third kappa shape index (κ3) is 4.13. The van der Waals surface area contributed by atoms with Gasteiger partial charge in [0.25, 0.3) is 6.43 Å². The van der Waals surface area contributed by atoms with Crippen molar-refractivity contribution in [2.45, 2.75) is 52.2 Å². The topological polar surface area (TPSA) is 69.6 Å². The summed E-state index contributed by atoms with van der Waals surface area (Å²) < 4.78 is 24.3. The third-order valence-electron chi connectivity index (χ3n) is 3.23. The van der Waals surface area contributed by atoms with Crippen molar-refractivity contribution in [1.82, 2.24) is 10.2 Å². The van der Waals surface area contributed by atoms with Crippen LogP contribution >= 0.6 is 0 Å². The molecule has 7 heteroatoms. The Balaban J connectivity index is 2.61. The van der Waals surface area contributed by atoms with Crippen LogP contribution in [0.4, 0.5) is 8.78 Å². The average molecular weight is 292 g/mol. The van der Waals surface area contributed by atoms with Crippen LogP contribution in [0.3, 0.4) is 0 Å². The number of carbonyl (C=O) groups excluding carboxylic acids is 2. The highest BCUT2D eigenvalue weighted by atomic mass is 19.3. The van der Waals surface area contributed by atoms with E-state index in [0.717, 1.165) is 0 Å². The fraction of sp³-hybridized carbons (Fsp3) is 0.846. The highest BCUT2D eigenvalue weighted by Gasteiger charge is 2.38. The van der Waals surface area contributed by atoms with E-state index in [0.29, 0.717) is 19.4 Å². The molecular weight excluding hydrogens is 270 g/mol. The molecule has 2 N–H and O–H groups in total. The minimum absolute atomic E-state index is 0.135. The summed E-state index contributed by atoms with van der Waals surface area (Å²) in [6, 6.07) is -0.633. The fourth-order valence-electron chi connectivity index (χ4n) is 2.13. The van der Waals surface area contributed by atoms with Crippen molar-refractivity contribution in [2.75, 3.05) is 13.1 Å². The number of alkyl halides is 2. The number of nitrogens with one attached hydrogen (secondary N) is 1. The summed E-state index contributed by atoms with van der Waals surface area (Å²) in [4.78, 5) is 25.6. The number of aliphatic hydroxyl groups is 1. The Morgan fingerprint density at radius 1 is 1.40 bits per heavy atom. The van der Waals surface area contributed by atoms with Gasteiger partial charge in [0, 0.05) is 18.5 Å². The van der Waals surface area contributed by atoms with E-state index in [1.807, 2.05) is 0 Å². The molecule has 5 nitrogen and oxygen atoms in total. The van der Waals surface area contributed by atoms with Gasteiger partial charge >= 0.3 is 0 Å². The van der Waals surface area contributed by atoms with Crippen molar-refractivity contribution < 1.29 is 23.5 Å². The SMILES string of the molecule is CC(C)(C)C(=O)N1CCCC1C(=O)NCC(O)C(F)F. The van der Waals surface area contributed by atoms with Crippen LogP contribution in [0.5, 0.6) is 0 Å². The van der Waals surface area contributed by atoms with Crippen molar-refractivity contribution in [1.29, 1.82) is 0 Å². The molecular formula is C13H22F2N2O3. The van der Waals surface area contributed by atoms with Gasteiger partial charge in [-0.15, -0.1) is 0 Å². The molecule has 2 unspecified atom stereocenters. The second-order valence-electron chi connectivity index (χ2n) is 6.05. The van der Waals surface area contributed by atoms with Gasteiger partial charge in [0.15, 0.2) is 0 Å². The molecule has 0 saturated carbocycles. The van der Waals surface area contributed by atoms with E-state index in [2.05, 4.69) is 5.32 Å². The summed E-state index contributed by atoms with van der Waals surface area (Å²) in [5.74, 6) is -0.621. The van der Waals surface area contributed by atoms with Crippen molar-refractivity contribution in [2.24, 2.45) is 5.41 Å². The van der Waals surface area contributed by atoms with Crippen LogP contribution in [0.1, 0.15) is 33.6 Å². The maximum absolute atomic E-state index is 12.2. The highest BCUT2D eigenvalue weighted by molar-refractivity contribution is 5.90. The minimum Gasteiger partial charge on any atom is -0.385 e. The maximum Gasteiger partial charge on any atom is 0.265 e. The standard InChI is InChI=1S/C13H22F2N2O3/c1-13(2,3)12(20)17-6-4-5-8(17)11(19)16-7-9(18)10(14)15/h8-10,18H,4-7H2,1-3H3,(H,16,19). The van der Waals surface area contributed by atoms with Crippen LogP contribution in [0.15, 0.2) is 0 Å². The zero-order valence-electron chi connectivity index (χ0n) is 12.0. The summed E-state index contributed by atoms with van der Waals surface area (Å²) in [7, 11) is 0. The molecule has 116 valence electrons. The zero-order valence-corrected chi connectivity index (χ0v) is 12.0. The highest BCUT2D eigenvalue weighted by Crippen LogP contribution is 2.25. The van der Waals surface area contributed by atoms with Gasteiger partial charge in [-0.3, -0.25) is 9.59 Å². The van der Waals surface area contributed by atoms with Gasteiger partial charge in [-0.2, -0.15) is 0 Å². The summed E-state index contributed by atoms with van der Waals surface area (Å²) in [5, 5.41) is 11.3. The Bertz CT molecular complexity index is 369. The van der Waals surface area contributed by atoms with Crippen molar-refractivity contribution in [3.8, 4) is 0 Å². The lowest BCUT2D eigenvalue weighted by molar-refractivity contribution is -0.144. The van der Waals surface area contributed by atoms with E-state index in [-0.39, 0.29) is 5.91 Å². The fourth-order valence-corrected chi connectivity index (χ4v) is 2.13. The number of amides is 2. The Morgan fingerprint density at radius 2 is 2.00 bits per heavy atom. The molecule has 0 spiro atoms. The molecule has 0 aliphatic carbocycles. The molecule has 0 bridgehead atoms. The Morgan fingerprint density at radius 3 is 2.50 bits per heavy atom. The first-order valence-corrected chi connectivity index (χ1v) is 6.69. The van der Waals surface area contributed by atoms with Crippen LogP contribution in [0, 0.1) is 5.41 Å². The first kappa shape index (κ1) is 16.8. The number of carbonyl (C=O) groups is 2. The molecule has 1 fully saturated rings. The number of likely N-dealkylation sites (tertiary alicyclic amines) is 1. The lowest BCUT2D eigenvalue weighted by atomic mass is 9.94. The van der Waals surface area contributed by atoms with Crippen LogP contribution in [0.25, 0.3) is 0 Å². The molecule has 0 aromatic rings. The van der Waals surface area contributed by atoms with E-state index in [9.17, 15) is 18.4 Å². The van der Waals surface area contributed by atoms with Gasteiger partial charge in [0.05, 0.1) is 0 Å². The molecule has 1 rings (SSSR count). The van der Waals surface area contributed by atoms with Gasteiger partial charge in [0.2, 0.25) is 11.8 Å². The normalized spacial score (nSPS) is 21.1. The number of nitrogens with zero attached hydrogens (tertiary/aromatic N) is 1. The number of rotatable bonds is 4. The molecule has 1 aliphatic heterocycles. The van der Waals surface area contributed by atoms with Gasteiger partial charge in [-0.25, -0.2) is 8.78 Å². The van der Waals surface area contributed by atoms with Crippen LogP contribution in [-0.4, -0.2) is 53.5 Å². The molecule has 2 atom stereocenters. The molecule has 20 heavy (non-hydrogen) atoms. The molecule has 0 aromatic heterocycles. The Hall–Kier alpha value is -1.24. The first-order chi connectivity index (χ1) is 9.14. The third-order valence-corrected chi connectivity index (χ3v) is 3.23. The van der Waals surface area contributed by atoms with E-state index in [1.54, 1.807) is 20.8 Å². The molecule has 0 radical (unpaired) electrons. The largest absolute Gasteiger partial charge is 0.385 e. The van der Waals surface area contributed by atoms with E-state index >= 15 is 0 Å². The number of aliphatic hydroxyl groups excluding tert-OH is 1. The molecule has 0 aromatic carbocycles. The second kappa shape index (κ2) is 6.47. The predicted molar refractivity (Wildman–Crippen MR) is 69.2 cm³/mol. The number of halogens is 2. The van der Waals surface area contributed by atoms with E-state index in [4.69, 9.17) is 5.11 Å². The minimum atomic E-state index is -2.90.